The van der Waals surface area contributed by atoms with E-state index in [1.54, 1.807) is 31.2 Å². The van der Waals surface area contributed by atoms with E-state index in [9.17, 15) is 18.0 Å². The fourth-order valence-electron chi connectivity index (χ4n) is 2.31. The van der Waals surface area contributed by atoms with Crippen molar-refractivity contribution in [3.8, 4) is 0 Å². The highest BCUT2D eigenvalue weighted by atomic mass is 79.9. The van der Waals surface area contributed by atoms with Gasteiger partial charge in [0.05, 0.1) is 34.8 Å². The lowest BCUT2D eigenvalue weighted by molar-refractivity contribution is -0.114. The number of halogens is 2. The van der Waals surface area contributed by atoms with Crippen LogP contribution in [0.2, 0.25) is 5.02 Å². The highest BCUT2D eigenvalue weighted by Gasteiger charge is 2.21. The van der Waals surface area contributed by atoms with Gasteiger partial charge in [-0.2, -0.15) is 0 Å². The van der Waals surface area contributed by atoms with E-state index in [1.807, 2.05) is 0 Å². The molecular weight excluding hydrogens is 472 g/mol. The van der Waals surface area contributed by atoms with Crippen LogP contribution in [0.3, 0.4) is 0 Å². The van der Waals surface area contributed by atoms with Crippen LogP contribution in [-0.4, -0.2) is 39.7 Å². The smallest absolute Gasteiger partial charge is 0.338 e. The van der Waals surface area contributed by atoms with Gasteiger partial charge in [0.1, 0.15) is 6.54 Å². The summed E-state index contributed by atoms with van der Waals surface area (Å²) in [6.45, 7) is 1.48. The summed E-state index contributed by atoms with van der Waals surface area (Å²) in [7, 11) is -3.70. The number of carbonyl (C=O) groups is 2. The molecule has 1 N–H and O–H groups in total. The highest BCUT2D eigenvalue weighted by Crippen LogP contribution is 2.25. The Morgan fingerprint density at radius 1 is 1.21 bits per heavy atom. The monoisotopic (exact) mass is 488 g/mol. The third-order valence-electron chi connectivity index (χ3n) is 3.54. The number of sulfonamides is 1. The van der Waals surface area contributed by atoms with Crippen molar-refractivity contribution >= 4 is 60.8 Å². The second-order valence-corrected chi connectivity index (χ2v) is 8.94. The molecule has 0 aliphatic heterocycles. The highest BCUT2D eigenvalue weighted by molar-refractivity contribution is 9.10. The summed E-state index contributed by atoms with van der Waals surface area (Å²) in [6, 6.07) is 10.9. The fourth-order valence-corrected chi connectivity index (χ4v) is 3.77. The van der Waals surface area contributed by atoms with E-state index >= 15 is 0 Å². The lowest BCUT2D eigenvalue weighted by Gasteiger charge is -2.22. The molecule has 0 spiro atoms. The van der Waals surface area contributed by atoms with Crippen molar-refractivity contribution in [2.75, 3.05) is 29.0 Å². The number of amides is 1. The lowest BCUT2D eigenvalue weighted by Crippen LogP contribution is -2.37. The maximum absolute atomic E-state index is 12.4. The summed E-state index contributed by atoms with van der Waals surface area (Å²) >= 11 is 9.40. The first-order chi connectivity index (χ1) is 13.1. The molecule has 0 atom stereocenters. The van der Waals surface area contributed by atoms with Crippen LogP contribution < -0.4 is 9.62 Å². The zero-order chi connectivity index (χ0) is 20.9. The van der Waals surface area contributed by atoms with Crippen LogP contribution in [0.4, 0.5) is 11.4 Å². The summed E-state index contributed by atoms with van der Waals surface area (Å²) in [5, 5.41) is 2.69. The Morgan fingerprint density at radius 3 is 2.50 bits per heavy atom. The van der Waals surface area contributed by atoms with Crippen molar-refractivity contribution in [1.82, 2.24) is 0 Å². The Hall–Kier alpha value is -2.10. The van der Waals surface area contributed by atoms with Gasteiger partial charge in [0, 0.05) is 4.47 Å². The standard InChI is InChI=1S/C18H18BrClN2O5S/c1-3-27-18(24)12-7-8-16(15(20)9-12)21-17(23)11-22(28(2,25)26)14-6-4-5-13(19)10-14/h4-10H,3,11H2,1-2H3,(H,21,23). The van der Waals surface area contributed by atoms with E-state index in [0.29, 0.717) is 10.2 Å². The van der Waals surface area contributed by atoms with Gasteiger partial charge in [0.25, 0.3) is 0 Å². The van der Waals surface area contributed by atoms with Crippen LogP contribution >= 0.6 is 27.5 Å². The maximum Gasteiger partial charge on any atom is 0.338 e. The molecule has 0 radical (unpaired) electrons. The molecule has 0 aromatic heterocycles. The molecule has 28 heavy (non-hydrogen) atoms. The van der Waals surface area contributed by atoms with Crippen LogP contribution in [-0.2, 0) is 19.6 Å². The van der Waals surface area contributed by atoms with Crippen LogP contribution in [0.1, 0.15) is 17.3 Å². The molecule has 0 heterocycles. The van der Waals surface area contributed by atoms with E-state index < -0.39 is 28.4 Å². The summed E-state index contributed by atoms with van der Waals surface area (Å²) < 4.78 is 30.8. The van der Waals surface area contributed by atoms with E-state index in [1.165, 1.54) is 18.2 Å². The molecule has 7 nitrogen and oxygen atoms in total. The van der Waals surface area contributed by atoms with Crippen molar-refractivity contribution in [1.29, 1.82) is 0 Å². The molecule has 2 rings (SSSR count). The number of carbonyl (C=O) groups excluding carboxylic acids is 2. The number of ether oxygens (including phenoxy) is 1. The topological polar surface area (TPSA) is 92.8 Å². The third kappa shape index (κ3) is 5.95. The molecule has 0 fully saturated rings. The van der Waals surface area contributed by atoms with Crippen molar-refractivity contribution in [3.05, 3.63) is 57.5 Å². The molecule has 10 heteroatoms. The lowest BCUT2D eigenvalue weighted by atomic mass is 10.2. The zero-order valence-electron chi connectivity index (χ0n) is 15.1. The van der Waals surface area contributed by atoms with Gasteiger partial charge in [-0.25, -0.2) is 13.2 Å². The number of benzene rings is 2. The van der Waals surface area contributed by atoms with E-state index in [2.05, 4.69) is 21.2 Å². The number of hydrogen-bond donors (Lipinski definition) is 1. The van der Waals surface area contributed by atoms with E-state index in [0.717, 1.165) is 10.6 Å². The fraction of sp³-hybridized carbons (Fsp3) is 0.222. The minimum atomic E-state index is -3.70. The zero-order valence-corrected chi connectivity index (χ0v) is 18.3. The second kappa shape index (κ2) is 9.40. The molecule has 0 unspecified atom stereocenters. The first-order valence-electron chi connectivity index (χ1n) is 8.11. The average Bonchev–Trinajstić information content (AvgIpc) is 2.60. The molecule has 0 aliphatic rings. The number of esters is 1. The molecule has 0 aliphatic carbocycles. The van der Waals surface area contributed by atoms with Gasteiger partial charge < -0.3 is 10.1 Å². The van der Waals surface area contributed by atoms with E-state index in [-0.39, 0.29) is 22.9 Å². The van der Waals surface area contributed by atoms with Gasteiger partial charge in [0.15, 0.2) is 0 Å². The van der Waals surface area contributed by atoms with Crippen LogP contribution in [0.5, 0.6) is 0 Å². The average molecular weight is 490 g/mol. The molecule has 0 bridgehead atoms. The van der Waals surface area contributed by atoms with Crippen LogP contribution in [0.15, 0.2) is 46.9 Å². The second-order valence-electron chi connectivity index (χ2n) is 5.71. The Morgan fingerprint density at radius 2 is 1.93 bits per heavy atom. The van der Waals surface area contributed by atoms with E-state index in [4.69, 9.17) is 16.3 Å². The molecule has 0 saturated heterocycles. The van der Waals surface area contributed by atoms with Crippen LogP contribution in [0.25, 0.3) is 0 Å². The van der Waals surface area contributed by atoms with Gasteiger partial charge >= 0.3 is 5.97 Å². The summed E-state index contributed by atoms with van der Waals surface area (Å²) in [5.74, 6) is -1.11. The molecular formula is C18H18BrClN2O5S. The number of hydrogen-bond acceptors (Lipinski definition) is 5. The summed E-state index contributed by atoms with van der Waals surface area (Å²) in [6.07, 6.45) is 1.02. The first-order valence-corrected chi connectivity index (χ1v) is 11.1. The van der Waals surface area contributed by atoms with Gasteiger partial charge in [0.2, 0.25) is 15.9 Å². The van der Waals surface area contributed by atoms with Gasteiger partial charge in [-0.15, -0.1) is 0 Å². The first kappa shape index (κ1) is 22.2. The molecule has 150 valence electrons. The molecule has 2 aromatic carbocycles. The predicted octanol–water partition coefficient (Wildman–Crippen LogP) is 3.68. The Kier molecular flexibility index (Phi) is 7.45. The number of nitrogens with zero attached hydrogens (tertiary/aromatic N) is 1. The minimum Gasteiger partial charge on any atom is -0.462 e. The molecule has 0 saturated carbocycles. The number of rotatable bonds is 7. The predicted molar refractivity (Wildman–Crippen MR) is 112 cm³/mol. The van der Waals surface area contributed by atoms with Crippen LogP contribution in [0, 0.1) is 0 Å². The third-order valence-corrected chi connectivity index (χ3v) is 5.48. The van der Waals surface area contributed by atoms with Crippen molar-refractivity contribution in [3.63, 3.8) is 0 Å². The van der Waals surface area contributed by atoms with Gasteiger partial charge in [-0.05, 0) is 43.3 Å². The van der Waals surface area contributed by atoms with Gasteiger partial charge in [-0.1, -0.05) is 33.6 Å². The number of nitrogens with one attached hydrogen (secondary N) is 1. The normalized spacial score (nSPS) is 11.0. The SMILES string of the molecule is CCOC(=O)c1ccc(NC(=O)CN(c2cccc(Br)c2)S(C)(=O)=O)c(Cl)c1. The Labute approximate surface area is 176 Å². The van der Waals surface area contributed by atoms with Crippen molar-refractivity contribution in [2.24, 2.45) is 0 Å². The Bertz CT molecular complexity index is 997. The number of anilines is 2. The van der Waals surface area contributed by atoms with Gasteiger partial charge in [-0.3, -0.25) is 9.10 Å². The largest absolute Gasteiger partial charge is 0.462 e. The van der Waals surface area contributed by atoms with Crippen molar-refractivity contribution in [2.45, 2.75) is 6.92 Å². The summed E-state index contributed by atoms with van der Waals surface area (Å²) in [5.41, 5.74) is 0.843. The van der Waals surface area contributed by atoms with Crippen molar-refractivity contribution < 1.29 is 22.7 Å². The molecule has 2 aromatic rings. The molecule has 1 amide bonds. The Balaban J connectivity index is 2.18. The minimum absolute atomic E-state index is 0.132. The quantitative estimate of drug-likeness (QED) is 0.599. The summed E-state index contributed by atoms with van der Waals surface area (Å²) in [4.78, 5) is 24.1. The maximum atomic E-state index is 12.4.